The van der Waals surface area contributed by atoms with Crippen LogP contribution in [0.25, 0.3) is 0 Å². The Morgan fingerprint density at radius 2 is 1.82 bits per heavy atom. The average Bonchev–Trinajstić information content (AvgIpc) is 2.98. The molecule has 5 nitrogen and oxygen atoms in total. The Labute approximate surface area is 130 Å². The van der Waals surface area contributed by atoms with Gasteiger partial charge in [0.05, 0.1) is 0 Å². The highest BCUT2D eigenvalue weighted by molar-refractivity contribution is 7.89. The lowest BCUT2D eigenvalue weighted by molar-refractivity contribution is -0.132. The minimum atomic E-state index is -4.08. The molecule has 122 valence electrons. The van der Waals surface area contributed by atoms with Gasteiger partial charge in [0, 0.05) is 13.1 Å². The van der Waals surface area contributed by atoms with Crippen molar-refractivity contribution in [1.82, 2.24) is 9.62 Å². The molecule has 1 atom stereocenters. The molecule has 1 aromatic carbocycles. The zero-order valence-electron chi connectivity index (χ0n) is 12.8. The van der Waals surface area contributed by atoms with E-state index in [0.717, 1.165) is 18.9 Å². The third kappa shape index (κ3) is 3.64. The molecule has 0 saturated carbocycles. The van der Waals surface area contributed by atoms with Crippen molar-refractivity contribution in [1.29, 1.82) is 0 Å². The largest absolute Gasteiger partial charge is 0.341 e. The molecular weight excluding hydrogens is 307 g/mol. The van der Waals surface area contributed by atoms with Crippen LogP contribution in [0.15, 0.2) is 29.2 Å². The van der Waals surface area contributed by atoms with Crippen molar-refractivity contribution in [3.8, 4) is 0 Å². The van der Waals surface area contributed by atoms with Crippen LogP contribution in [-0.4, -0.2) is 38.4 Å². The van der Waals surface area contributed by atoms with Gasteiger partial charge in [-0.05, 0) is 30.9 Å². The summed E-state index contributed by atoms with van der Waals surface area (Å²) in [5, 5.41) is 0. The van der Waals surface area contributed by atoms with Crippen LogP contribution < -0.4 is 4.72 Å². The van der Waals surface area contributed by atoms with Crippen molar-refractivity contribution in [2.45, 2.75) is 37.6 Å². The van der Waals surface area contributed by atoms with Gasteiger partial charge in [-0.3, -0.25) is 4.79 Å². The lowest BCUT2D eigenvalue weighted by atomic mass is 10.0. The third-order valence-corrected chi connectivity index (χ3v) is 5.23. The first-order chi connectivity index (χ1) is 10.3. The number of rotatable bonds is 5. The van der Waals surface area contributed by atoms with E-state index in [2.05, 4.69) is 4.72 Å². The van der Waals surface area contributed by atoms with Crippen LogP contribution in [0.2, 0.25) is 0 Å². The van der Waals surface area contributed by atoms with Crippen molar-refractivity contribution in [2.75, 3.05) is 13.1 Å². The summed E-state index contributed by atoms with van der Waals surface area (Å²) in [6, 6.07) is 4.26. The highest BCUT2D eigenvalue weighted by Crippen LogP contribution is 2.18. The maximum atomic E-state index is 13.7. The van der Waals surface area contributed by atoms with Crippen molar-refractivity contribution in [2.24, 2.45) is 5.92 Å². The smallest absolute Gasteiger partial charge is 0.244 e. The van der Waals surface area contributed by atoms with Crippen molar-refractivity contribution in [3.05, 3.63) is 30.1 Å². The quantitative estimate of drug-likeness (QED) is 0.895. The van der Waals surface area contributed by atoms with Crippen molar-refractivity contribution >= 4 is 15.9 Å². The zero-order chi connectivity index (χ0) is 16.3. The van der Waals surface area contributed by atoms with Crippen LogP contribution in [-0.2, 0) is 14.8 Å². The first kappa shape index (κ1) is 16.9. The minimum Gasteiger partial charge on any atom is -0.341 e. The summed E-state index contributed by atoms with van der Waals surface area (Å²) in [4.78, 5) is 13.7. The molecule has 0 bridgehead atoms. The molecule has 1 aliphatic heterocycles. The van der Waals surface area contributed by atoms with E-state index in [0.29, 0.717) is 13.1 Å². The van der Waals surface area contributed by atoms with E-state index in [1.165, 1.54) is 18.2 Å². The highest BCUT2D eigenvalue weighted by atomic mass is 32.2. The molecule has 0 unspecified atom stereocenters. The van der Waals surface area contributed by atoms with Gasteiger partial charge >= 0.3 is 0 Å². The van der Waals surface area contributed by atoms with E-state index in [1.807, 2.05) is 0 Å². The standard InChI is InChI=1S/C15H21FN2O3S/c1-11(2)14(15(19)18-9-5-6-10-18)17-22(20,21)13-8-4-3-7-12(13)16/h3-4,7-8,11,14,17H,5-6,9-10H2,1-2H3/t14-/m0/s1. The van der Waals surface area contributed by atoms with Gasteiger partial charge in [-0.25, -0.2) is 12.8 Å². The zero-order valence-corrected chi connectivity index (χ0v) is 13.6. The number of hydrogen-bond acceptors (Lipinski definition) is 3. The molecular formula is C15H21FN2O3S. The molecule has 1 amide bonds. The van der Waals surface area contributed by atoms with Gasteiger partial charge in [-0.1, -0.05) is 26.0 Å². The van der Waals surface area contributed by atoms with E-state index < -0.39 is 26.8 Å². The lowest BCUT2D eigenvalue weighted by Gasteiger charge is -2.26. The fourth-order valence-corrected chi connectivity index (χ4v) is 3.92. The second-order valence-electron chi connectivity index (χ2n) is 5.81. The Bertz CT molecular complexity index is 640. The fraction of sp³-hybridized carbons (Fsp3) is 0.533. The first-order valence-corrected chi connectivity index (χ1v) is 8.87. The topological polar surface area (TPSA) is 66.5 Å². The second kappa shape index (κ2) is 6.75. The molecule has 0 aromatic heterocycles. The number of sulfonamides is 1. The molecule has 0 spiro atoms. The third-order valence-electron chi connectivity index (χ3n) is 3.76. The number of likely N-dealkylation sites (tertiary alicyclic amines) is 1. The summed E-state index contributed by atoms with van der Waals surface area (Å²) in [7, 11) is -4.08. The van der Waals surface area contributed by atoms with Crippen LogP contribution in [0.5, 0.6) is 0 Å². The number of nitrogens with one attached hydrogen (secondary N) is 1. The SMILES string of the molecule is CC(C)[C@H](NS(=O)(=O)c1ccccc1F)C(=O)N1CCCC1. The minimum absolute atomic E-state index is 0.227. The molecule has 2 rings (SSSR count). The van der Waals surface area contributed by atoms with Gasteiger partial charge in [0.2, 0.25) is 15.9 Å². The normalized spacial score (nSPS) is 17.0. The summed E-state index contributed by atoms with van der Waals surface area (Å²) in [6.45, 7) is 4.82. The summed E-state index contributed by atoms with van der Waals surface area (Å²) in [5.74, 6) is -1.30. The van der Waals surface area contributed by atoms with Crippen LogP contribution in [0.1, 0.15) is 26.7 Å². The molecule has 7 heteroatoms. The maximum absolute atomic E-state index is 13.7. The molecule has 22 heavy (non-hydrogen) atoms. The molecule has 1 heterocycles. The van der Waals surface area contributed by atoms with Crippen LogP contribution in [0.3, 0.4) is 0 Å². The molecule has 0 aliphatic carbocycles. The molecule has 1 fully saturated rings. The summed E-state index contributed by atoms with van der Waals surface area (Å²) in [6.07, 6.45) is 1.85. The highest BCUT2D eigenvalue weighted by Gasteiger charge is 2.33. The number of benzene rings is 1. The molecule has 1 aliphatic rings. The van der Waals surface area contributed by atoms with Crippen LogP contribution in [0.4, 0.5) is 4.39 Å². The lowest BCUT2D eigenvalue weighted by Crippen LogP contribution is -2.50. The molecule has 1 aromatic rings. The van der Waals surface area contributed by atoms with E-state index in [9.17, 15) is 17.6 Å². The van der Waals surface area contributed by atoms with Gasteiger partial charge in [-0.2, -0.15) is 4.72 Å². The van der Waals surface area contributed by atoms with Crippen LogP contribution in [0, 0.1) is 11.7 Å². The predicted molar refractivity (Wildman–Crippen MR) is 81.2 cm³/mol. The van der Waals surface area contributed by atoms with Gasteiger partial charge < -0.3 is 4.90 Å². The monoisotopic (exact) mass is 328 g/mol. The van der Waals surface area contributed by atoms with Gasteiger partial charge in [0.15, 0.2) is 0 Å². The molecule has 0 radical (unpaired) electrons. The van der Waals surface area contributed by atoms with E-state index in [1.54, 1.807) is 18.7 Å². The number of amides is 1. The fourth-order valence-electron chi connectivity index (χ4n) is 2.50. The van der Waals surface area contributed by atoms with E-state index in [-0.39, 0.29) is 11.8 Å². The Morgan fingerprint density at radius 1 is 1.23 bits per heavy atom. The van der Waals surface area contributed by atoms with Crippen LogP contribution >= 0.6 is 0 Å². The van der Waals surface area contributed by atoms with Gasteiger partial charge in [0.25, 0.3) is 0 Å². The predicted octanol–water partition coefficient (Wildman–Crippen LogP) is 1.75. The van der Waals surface area contributed by atoms with Crippen molar-refractivity contribution < 1.29 is 17.6 Å². The van der Waals surface area contributed by atoms with Gasteiger partial charge in [0.1, 0.15) is 16.8 Å². The number of carbonyl (C=O) groups excluding carboxylic acids is 1. The first-order valence-electron chi connectivity index (χ1n) is 7.38. The van der Waals surface area contributed by atoms with Crippen molar-refractivity contribution in [3.63, 3.8) is 0 Å². The Balaban J connectivity index is 2.24. The summed E-state index contributed by atoms with van der Waals surface area (Å²) >= 11 is 0. The maximum Gasteiger partial charge on any atom is 0.244 e. The average molecular weight is 328 g/mol. The van der Waals surface area contributed by atoms with Gasteiger partial charge in [-0.15, -0.1) is 0 Å². The van der Waals surface area contributed by atoms with E-state index in [4.69, 9.17) is 0 Å². The Hall–Kier alpha value is -1.47. The number of carbonyl (C=O) groups is 1. The summed E-state index contributed by atoms with van der Waals surface area (Å²) < 4.78 is 40.8. The Morgan fingerprint density at radius 3 is 2.36 bits per heavy atom. The second-order valence-corrected chi connectivity index (χ2v) is 7.49. The van der Waals surface area contributed by atoms with E-state index >= 15 is 0 Å². The number of hydrogen-bond donors (Lipinski definition) is 1. The summed E-state index contributed by atoms with van der Waals surface area (Å²) in [5.41, 5.74) is 0. The molecule has 1 saturated heterocycles. The number of nitrogens with zero attached hydrogens (tertiary/aromatic N) is 1. The number of halogens is 1. The molecule has 1 N–H and O–H groups in total. The Kier molecular flexibility index (Phi) is 5.18.